The first-order chi connectivity index (χ1) is 11.6. The molecule has 1 aliphatic heterocycles. The van der Waals surface area contributed by atoms with Gasteiger partial charge in [-0.15, -0.1) is 0 Å². The van der Waals surface area contributed by atoms with Crippen molar-refractivity contribution in [1.29, 1.82) is 0 Å². The zero-order valence-corrected chi connectivity index (χ0v) is 14.7. The summed E-state index contributed by atoms with van der Waals surface area (Å²) in [4.78, 5) is 15.4. The molecular formula is C17H16Cl2N4O. The molecule has 0 radical (unpaired) electrons. The second kappa shape index (κ2) is 6.22. The second-order valence-electron chi connectivity index (χ2n) is 6.02. The molecule has 24 heavy (non-hydrogen) atoms. The molecule has 0 N–H and O–H groups in total. The number of hydrogen-bond acceptors (Lipinski definition) is 5. The van der Waals surface area contributed by atoms with Gasteiger partial charge in [-0.2, -0.15) is 0 Å². The molecule has 0 unspecified atom stereocenters. The summed E-state index contributed by atoms with van der Waals surface area (Å²) in [5.74, 6) is 2.68. The SMILES string of the molecule is Cc1nc(Cl)cc(N2CCC(c3nc4cc(Cl)ccc4o3)CC2)n1. The minimum Gasteiger partial charge on any atom is -0.440 e. The molecule has 0 atom stereocenters. The highest BCUT2D eigenvalue weighted by Crippen LogP contribution is 2.32. The van der Waals surface area contributed by atoms with Crippen molar-refractivity contribution >= 4 is 40.1 Å². The van der Waals surface area contributed by atoms with Crippen LogP contribution in [-0.2, 0) is 0 Å². The van der Waals surface area contributed by atoms with Crippen LogP contribution in [0.2, 0.25) is 10.2 Å². The van der Waals surface area contributed by atoms with Crippen molar-refractivity contribution in [3.63, 3.8) is 0 Å². The molecular weight excluding hydrogens is 347 g/mol. The molecule has 3 aromatic rings. The number of halogens is 2. The van der Waals surface area contributed by atoms with Crippen LogP contribution < -0.4 is 4.90 Å². The van der Waals surface area contributed by atoms with E-state index in [1.807, 2.05) is 31.2 Å². The first kappa shape index (κ1) is 15.7. The predicted molar refractivity (Wildman–Crippen MR) is 95.0 cm³/mol. The standard InChI is InChI=1S/C17H16Cl2N4O/c1-10-20-15(19)9-16(21-10)23-6-4-11(5-7-23)17-22-13-8-12(18)2-3-14(13)24-17/h2-3,8-9,11H,4-7H2,1H3. The zero-order chi connectivity index (χ0) is 16.7. The van der Waals surface area contributed by atoms with Gasteiger partial charge >= 0.3 is 0 Å². The van der Waals surface area contributed by atoms with Crippen molar-refractivity contribution in [2.45, 2.75) is 25.7 Å². The summed E-state index contributed by atoms with van der Waals surface area (Å²) < 4.78 is 5.91. The largest absolute Gasteiger partial charge is 0.440 e. The minimum absolute atomic E-state index is 0.311. The van der Waals surface area contributed by atoms with E-state index >= 15 is 0 Å². The summed E-state index contributed by atoms with van der Waals surface area (Å²) in [6.45, 7) is 3.62. The summed E-state index contributed by atoms with van der Waals surface area (Å²) in [6.07, 6.45) is 1.92. The minimum atomic E-state index is 0.311. The maximum Gasteiger partial charge on any atom is 0.198 e. The van der Waals surface area contributed by atoms with E-state index in [9.17, 15) is 0 Å². The van der Waals surface area contributed by atoms with E-state index in [2.05, 4.69) is 19.9 Å². The second-order valence-corrected chi connectivity index (χ2v) is 6.85. The molecule has 1 aliphatic rings. The number of nitrogens with zero attached hydrogens (tertiary/aromatic N) is 4. The third-order valence-corrected chi connectivity index (χ3v) is 4.76. The fourth-order valence-corrected chi connectivity index (χ4v) is 3.51. The Bertz CT molecular complexity index is 867. The molecule has 0 saturated carbocycles. The van der Waals surface area contributed by atoms with Gasteiger partial charge in [-0.25, -0.2) is 15.0 Å². The van der Waals surface area contributed by atoms with Crippen molar-refractivity contribution < 1.29 is 4.42 Å². The Morgan fingerprint density at radius 2 is 1.88 bits per heavy atom. The number of fused-ring (bicyclic) bond motifs is 1. The van der Waals surface area contributed by atoms with Crippen LogP contribution in [-0.4, -0.2) is 28.0 Å². The number of anilines is 1. The van der Waals surface area contributed by atoms with Crippen molar-refractivity contribution in [3.8, 4) is 0 Å². The lowest BCUT2D eigenvalue weighted by atomic mass is 9.97. The third kappa shape index (κ3) is 3.06. The Hall–Kier alpha value is -1.85. The van der Waals surface area contributed by atoms with E-state index < -0.39 is 0 Å². The van der Waals surface area contributed by atoms with Gasteiger partial charge in [0.15, 0.2) is 11.5 Å². The average molecular weight is 363 g/mol. The maximum absolute atomic E-state index is 6.04. The fourth-order valence-electron chi connectivity index (χ4n) is 3.13. The van der Waals surface area contributed by atoms with Crippen LogP contribution in [0.4, 0.5) is 5.82 Å². The number of aryl methyl sites for hydroxylation is 1. The topological polar surface area (TPSA) is 55.1 Å². The number of hydrogen-bond donors (Lipinski definition) is 0. The summed E-state index contributed by atoms with van der Waals surface area (Å²) in [7, 11) is 0. The molecule has 7 heteroatoms. The molecule has 0 amide bonds. The van der Waals surface area contributed by atoms with Crippen molar-refractivity contribution in [3.05, 3.63) is 46.2 Å². The van der Waals surface area contributed by atoms with Crippen LogP contribution in [0, 0.1) is 6.92 Å². The number of rotatable bonds is 2. The molecule has 0 spiro atoms. The van der Waals surface area contributed by atoms with Crippen LogP contribution in [0.1, 0.15) is 30.5 Å². The quantitative estimate of drug-likeness (QED) is 0.622. The van der Waals surface area contributed by atoms with Crippen LogP contribution >= 0.6 is 23.2 Å². The number of oxazole rings is 1. The van der Waals surface area contributed by atoms with E-state index in [4.69, 9.17) is 27.6 Å². The first-order valence-corrected chi connectivity index (χ1v) is 8.66. The molecule has 3 heterocycles. The Morgan fingerprint density at radius 3 is 2.62 bits per heavy atom. The fraction of sp³-hybridized carbons (Fsp3) is 0.353. The van der Waals surface area contributed by atoms with Crippen molar-refractivity contribution in [1.82, 2.24) is 15.0 Å². The molecule has 5 nitrogen and oxygen atoms in total. The van der Waals surface area contributed by atoms with Gasteiger partial charge in [-0.3, -0.25) is 0 Å². The predicted octanol–water partition coefficient (Wildman–Crippen LogP) is 4.62. The average Bonchev–Trinajstić information content (AvgIpc) is 2.97. The molecule has 4 rings (SSSR count). The van der Waals surface area contributed by atoms with E-state index in [-0.39, 0.29) is 0 Å². The Kier molecular flexibility index (Phi) is 4.06. The van der Waals surface area contributed by atoms with E-state index in [1.54, 1.807) is 0 Å². The number of aromatic nitrogens is 3. The highest BCUT2D eigenvalue weighted by atomic mass is 35.5. The van der Waals surface area contributed by atoms with Gasteiger partial charge in [0.2, 0.25) is 0 Å². The third-order valence-electron chi connectivity index (χ3n) is 4.33. The van der Waals surface area contributed by atoms with Gasteiger partial charge in [-0.05, 0) is 38.0 Å². The van der Waals surface area contributed by atoms with Gasteiger partial charge in [0, 0.05) is 30.1 Å². The van der Waals surface area contributed by atoms with Gasteiger partial charge in [0.25, 0.3) is 0 Å². The molecule has 1 aromatic carbocycles. The lowest BCUT2D eigenvalue weighted by Crippen LogP contribution is -2.33. The summed E-state index contributed by atoms with van der Waals surface area (Å²) in [6, 6.07) is 7.35. The summed E-state index contributed by atoms with van der Waals surface area (Å²) in [5, 5.41) is 1.16. The Balaban J connectivity index is 1.50. The number of benzene rings is 1. The molecule has 0 aliphatic carbocycles. The lowest BCUT2D eigenvalue weighted by Gasteiger charge is -2.31. The highest BCUT2D eigenvalue weighted by Gasteiger charge is 2.25. The van der Waals surface area contributed by atoms with E-state index in [0.717, 1.165) is 48.7 Å². The van der Waals surface area contributed by atoms with Gasteiger partial charge < -0.3 is 9.32 Å². The van der Waals surface area contributed by atoms with Crippen LogP contribution in [0.25, 0.3) is 11.1 Å². The van der Waals surface area contributed by atoms with Crippen molar-refractivity contribution in [2.75, 3.05) is 18.0 Å². The normalized spacial score (nSPS) is 16.0. The van der Waals surface area contributed by atoms with Gasteiger partial charge in [-0.1, -0.05) is 23.2 Å². The lowest BCUT2D eigenvalue weighted by molar-refractivity contribution is 0.406. The maximum atomic E-state index is 6.04. The molecule has 0 bridgehead atoms. The number of piperidine rings is 1. The molecule has 1 fully saturated rings. The smallest absolute Gasteiger partial charge is 0.198 e. The zero-order valence-electron chi connectivity index (χ0n) is 13.2. The van der Waals surface area contributed by atoms with Gasteiger partial charge in [0.1, 0.15) is 22.3 Å². The first-order valence-electron chi connectivity index (χ1n) is 7.90. The summed E-state index contributed by atoms with van der Waals surface area (Å²) in [5.41, 5.74) is 1.60. The Morgan fingerprint density at radius 1 is 1.08 bits per heavy atom. The van der Waals surface area contributed by atoms with Gasteiger partial charge in [0.05, 0.1) is 0 Å². The van der Waals surface area contributed by atoms with Crippen LogP contribution in [0.5, 0.6) is 0 Å². The monoisotopic (exact) mass is 362 g/mol. The highest BCUT2D eigenvalue weighted by molar-refractivity contribution is 6.31. The molecule has 1 saturated heterocycles. The van der Waals surface area contributed by atoms with E-state index in [1.165, 1.54) is 0 Å². The molecule has 124 valence electrons. The van der Waals surface area contributed by atoms with Crippen LogP contribution in [0.15, 0.2) is 28.7 Å². The van der Waals surface area contributed by atoms with E-state index in [0.29, 0.717) is 21.9 Å². The van der Waals surface area contributed by atoms with Crippen molar-refractivity contribution in [2.24, 2.45) is 0 Å². The Labute approximate surface area is 149 Å². The summed E-state index contributed by atoms with van der Waals surface area (Å²) >= 11 is 12.1. The van der Waals surface area contributed by atoms with Crippen LogP contribution in [0.3, 0.4) is 0 Å². The molecule has 2 aromatic heterocycles.